The monoisotopic (exact) mass is 912 g/mol. The third kappa shape index (κ3) is 8.58. The SMILES string of the molecule is CC1c2ccccc2C=CC1N(c1ccccc1)c1ccc(N(c2ccc(N(c3ccccc3)c3ccc4ccccc4c3)cc2)c2ccc(N(c3ccccc3)c3ccc4ccccc4c3)cc2)cc1. The lowest BCUT2D eigenvalue weighted by atomic mass is 9.83. The van der Waals surface area contributed by atoms with Gasteiger partial charge in [0.25, 0.3) is 0 Å². The number of hydrogen-bond acceptors (Lipinski definition) is 4. The van der Waals surface area contributed by atoms with Crippen molar-refractivity contribution < 1.29 is 0 Å². The summed E-state index contributed by atoms with van der Waals surface area (Å²) in [5, 5.41) is 4.85. The predicted molar refractivity (Wildman–Crippen MR) is 302 cm³/mol. The first kappa shape index (κ1) is 43.2. The van der Waals surface area contributed by atoms with E-state index in [9.17, 15) is 0 Å². The van der Waals surface area contributed by atoms with Gasteiger partial charge in [-0.2, -0.15) is 0 Å². The van der Waals surface area contributed by atoms with Gasteiger partial charge in [0.1, 0.15) is 0 Å². The van der Waals surface area contributed by atoms with E-state index in [2.05, 4.69) is 312 Å². The second-order valence-electron chi connectivity index (χ2n) is 18.3. The Balaban J connectivity index is 0.954. The molecule has 12 rings (SSSR count). The van der Waals surface area contributed by atoms with Crippen LogP contribution in [0.1, 0.15) is 24.0 Å². The smallest absolute Gasteiger partial charge is 0.0591 e. The predicted octanol–water partition coefficient (Wildman–Crippen LogP) is 18.7. The van der Waals surface area contributed by atoms with Gasteiger partial charge >= 0.3 is 0 Å². The molecule has 2 atom stereocenters. The maximum atomic E-state index is 2.49. The molecule has 0 amide bonds. The number of rotatable bonds is 12. The Labute approximate surface area is 416 Å². The third-order valence-electron chi connectivity index (χ3n) is 13.9. The number of para-hydroxylation sites is 3. The van der Waals surface area contributed by atoms with Crippen molar-refractivity contribution in [3.63, 3.8) is 0 Å². The quantitative estimate of drug-likeness (QED) is 0.121. The Morgan fingerprint density at radius 3 is 1.03 bits per heavy atom. The van der Waals surface area contributed by atoms with Crippen molar-refractivity contribution >= 4 is 90.2 Å². The van der Waals surface area contributed by atoms with Crippen molar-refractivity contribution in [1.29, 1.82) is 0 Å². The molecule has 2 unspecified atom stereocenters. The fraction of sp³-hybridized carbons (Fsp3) is 0.0448. The molecule has 11 aromatic carbocycles. The second-order valence-corrected chi connectivity index (χ2v) is 18.3. The van der Waals surface area contributed by atoms with Gasteiger partial charge in [0, 0.05) is 68.5 Å². The molecule has 11 aromatic rings. The van der Waals surface area contributed by atoms with Crippen molar-refractivity contribution in [1.82, 2.24) is 0 Å². The summed E-state index contributed by atoms with van der Waals surface area (Å²) >= 11 is 0. The highest BCUT2D eigenvalue weighted by Crippen LogP contribution is 2.44. The topological polar surface area (TPSA) is 13.0 Å². The molecule has 0 saturated heterocycles. The minimum atomic E-state index is 0.125. The molecule has 0 N–H and O–H groups in total. The lowest BCUT2D eigenvalue weighted by Gasteiger charge is -2.38. The number of nitrogens with zero attached hydrogens (tertiary/aromatic N) is 4. The molecule has 340 valence electrons. The summed E-state index contributed by atoms with van der Waals surface area (Å²) < 4.78 is 0. The van der Waals surface area contributed by atoms with E-state index in [0.717, 1.165) is 62.6 Å². The summed E-state index contributed by atoms with van der Waals surface area (Å²) in [5.74, 6) is 0.278. The maximum Gasteiger partial charge on any atom is 0.0591 e. The van der Waals surface area contributed by atoms with E-state index in [1.165, 1.54) is 32.7 Å². The molecule has 0 aromatic heterocycles. The van der Waals surface area contributed by atoms with Crippen LogP contribution in [0.5, 0.6) is 0 Å². The zero-order valence-electron chi connectivity index (χ0n) is 39.6. The fourth-order valence-corrected chi connectivity index (χ4v) is 10.4. The van der Waals surface area contributed by atoms with E-state index in [1.54, 1.807) is 0 Å². The van der Waals surface area contributed by atoms with E-state index in [0.29, 0.717) is 0 Å². The molecule has 71 heavy (non-hydrogen) atoms. The summed E-state index contributed by atoms with van der Waals surface area (Å²) in [5.41, 5.74) is 14.7. The Kier molecular flexibility index (Phi) is 11.6. The summed E-state index contributed by atoms with van der Waals surface area (Å²) in [6.45, 7) is 2.35. The molecule has 1 aliphatic carbocycles. The van der Waals surface area contributed by atoms with Gasteiger partial charge in [0.2, 0.25) is 0 Å². The Morgan fingerprint density at radius 2 is 0.577 bits per heavy atom. The summed E-state index contributed by atoms with van der Waals surface area (Å²) in [7, 11) is 0. The minimum Gasteiger partial charge on any atom is -0.334 e. The number of fused-ring (bicyclic) bond motifs is 3. The summed E-state index contributed by atoms with van der Waals surface area (Å²) in [6, 6.07) is 98.6. The van der Waals surface area contributed by atoms with E-state index >= 15 is 0 Å². The largest absolute Gasteiger partial charge is 0.334 e. The molecular formula is C67H52N4. The highest BCUT2D eigenvalue weighted by atomic mass is 15.2. The third-order valence-corrected chi connectivity index (χ3v) is 13.9. The van der Waals surface area contributed by atoms with Gasteiger partial charge in [-0.1, -0.05) is 159 Å². The van der Waals surface area contributed by atoms with Crippen LogP contribution in [-0.2, 0) is 0 Å². The lowest BCUT2D eigenvalue weighted by molar-refractivity contribution is 0.640. The van der Waals surface area contributed by atoms with Crippen molar-refractivity contribution in [2.75, 3.05) is 19.6 Å². The van der Waals surface area contributed by atoms with Crippen LogP contribution in [0.15, 0.2) is 279 Å². The number of anilines is 11. The van der Waals surface area contributed by atoms with Gasteiger partial charge in [0.15, 0.2) is 0 Å². The molecule has 0 fully saturated rings. The van der Waals surface area contributed by atoms with Crippen LogP contribution in [0, 0.1) is 0 Å². The normalized spacial score (nSPS) is 13.9. The molecule has 0 spiro atoms. The molecule has 0 aliphatic heterocycles. The summed E-state index contributed by atoms with van der Waals surface area (Å²) in [4.78, 5) is 9.54. The number of hydrogen-bond donors (Lipinski definition) is 0. The maximum absolute atomic E-state index is 2.49. The van der Waals surface area contributed by atoms with E-state index in [1.807, 2.05) is 0 Å². The Hall–Kier alpha value is -9.12. The van der Waals surface area contributed by atoms with Crippen LogP contribution in [0.2, 0.25) is 0 Å². The first-order valence-electron chi connectivity index (χ1n) is 24.5. The zero-order chi connectivity index (χ0) is 47.5. The van der Waals surface area contributed by atoms with Crippen molar-refractivity contribution in [3.05, 3.63) is 290 Å². The van der Waals surface area contributed by atoms with Gasteiger partial charge in [-0.15, -0.1) is 0 Å². The molecule has 0 heterocycles. The molecular weight excluding hydrogens is 861 g/mol. The molecule has 0 bridgehead atoms. The molecule has 4 nitrogen and oxygen atoms in total. The van der Waals surface area contributed by atoms with Crippen LogP contribution in [0.25, 0.3) is 27.6 Å². The van der Waals surface area contributed by atoms with Crippen LogP contribution in [0.4, 0.5) is 62.6 Å². The van der Waals surface area contributed by atoms with Crippen LogP contribution >= 0.6 is 0 Å². The zero-order valence-corrected chi connectivity index (χ0v) is 39.6. The fourth-order valence-electron chi connectivity index (χ4n) is 10.4. The van der Waals surface area contributed by atoms with Gasteiger partial charge in [-0.25, -0.2) is 0 Å². The van der Waals surface area contributed by atoms with Gasteiger partial charge < -0.3 is 19.6 Å². The van der Waals surface area contributed by atoms with Gasteiger partial charge in [-0.05, 0) is 166 Å². The molecule has 0 saturated carbocycles. The van der Waals surface area contributed by atoms with Gasteiger partial charge in [0.05, 0.1) is 6.04 Å². The molecule has 0 radical (unpaired) electrons. The molecule has 1 aliphatic rings. The standard InChI is InChI=1S/C67H52N4/c1-49-66-28-16-15-19-52(66)31-46-67(49)71(57-26-9-4-10-27-57)63-44-42-60(43-45-63)68(58-34-38-61(39-35-58)69(55-22-5-2-6-23-55)64-32-29-50-17-11-13-20-53(50)47-64)59-36-40-62(41-37-59)70(56-24-7-3-8-25-56)65-33-30-51-18-12-14-21-54(51)48-65/h2-49,67H,1H3. The first-order chi connectivity index (χ1) is 35.1. The van der Waals surface area contributed by atoms with Crippen LogP contribution < -0.4 is 19.6 Å². The summed E-state index contributed by atoms with van der Waals surface area (Å²) in [6.07, 6.45) is 4.66. The minimum absolute atomic E-state index is 0.125. The average Bonchev–Trinajstić information content (AvgIpc) is 3.44. The number of benzene rings is 11. The van der Waals surface area contributed by atoms with Gasteiger partial charge in [-0.3, -0.25) is 0 Å². The van der Waals surface area contributed by atoms with Crippen LogP contribution in [0.3, 0.4) is 0 Å². The average molecular weight is 913 g/mol. The second kappa shape index (κ2) is 19.1. The highest BCUT2D eigenvalue weighted by Gasteiger charge is 2.29. The lowest BCUT2D eigenvalue weighted by Crippen LogP contribution is -2.35. The van der Waals surface area contributed by atoms with Crippen molar-refractivity contribution in [3.8, 4) is 0 Å². The molecule has 4 heteroatoms. The van der Waals surface area contributed by atoms with E-state index < -0.39 is 0 Å². The first-order valence-corrected chi connectivity index (χ1v) is 24.5. The van der Waals surface area contributed by atoms with Crippen LogP contribution in [-0.4, -0.2) is 6.04 Å². The van der Waals surface area contributed by atoms with E-state index in [-0.39, 0.29) is 12.0 Å². The van der Waals surface area contributed by atoms with E-state index in [4.69, 9.17) is 0 Å². The van der Waals surface area contributed by atoms with Crippen molar-refractivity contribution in [2.45, 2.75) is 18.9 Å². The highest BCUT2D eigenvalue weighted by molar-refractivity contribution is 5.91. The Morgan fingerprint density at radius 1 is 0.268 bits per heavy atom. The van der Waals surface area contributed by atoms with Crippen molar-refractivity contribution in [2.24, 2.45) is 0 Å². The Bertz CT molecular complexity index is 3450.